The van der Waals surface area contributed by atoms with Gasteiger partial charge in [0.05, 0.1) is 40.1 Å². The van der Waals surface area contributed by atoms with Crippen LogP contribution in [0.25, 0.3) is 22.1 Å². The molecule has 2 saturated heterocycles. The highest BCUT2D eigenvalue weighted by atomic mass is 16.7. The molecule has 0 spiro atoms. The highest BCUT2D eigenvalue weighted by Crippen LogP contribution is 2.43. The summed E-state index contributed by atoms with van der Waals surface area (Å²) in [4.78, 5) is 13.5. The van der Waals surface area contributed by atoms with Crippen molar-refractivity contribution in [2.24, 2.45) is 0 Å². The summed E-state index contributed by atoms with van der Waals surface area (Å²) >= 11 is 0. The molecule has 0 bridgehead atoms. The van der Waals surface area contributed by atoms with E-state index in [0.717, 1.165) is 0 Å². The normalized spacial score (nSPS) is 29.9. The number of aliphatic hydroxyl groups excluding tert-OH is 6. The fourth-order valence-corrected chi connectivity index (χ4v) is 5.17. The Morgan fingerprint density at radius 2 is 1.44 bits per heavy atom. The summed E-state index contributed by atoms with van der Waals surface area (Å²) in [6.45, 7) is -1.08. The number of ether oxygens (including phenoxy) is 7. The molecule has 45 heavy (non-hydrogen) atoms. The van der Waals surface area contributed by atoms with Crippen molar-refractivity contribution < 1.29 is 73.3 Å². The molecule has 16 heteroatoms. The second kappa shape index (κ2) is 13.3. The van der Waals surface area contributed by atoms with Gasteiger partial charge in [0.2, 0.25) is 17.5 Å². The van der Waals surface area contributed by atoms with E-state index in [1.807, 2.05) is 0 Å². The molecule has 3 heterocycles. The smallest absolute Gasteiger partial charge is 0.229 e. The van der Waals surface area contributed by atoms with Crippen LogP contribution in [-0.2, 0) is 14.2 Å². The lowest BCUT2D eigenvalue weighted by atomic mass is 9.99. The Bertz CT molecular complexity index is 1560. The first-order valence-corrected chi connectivity index (χ1v) is 13.7. The van der Waals surface area contributed by atoms with E-state index >= 15 is 0 Å². The maximum Gasteiger partial charge on any atom is 0.229 e. The lowest BCUT2D eigenvalue weighted by molar-refractivity contribution is -0.290. The zero-order chi connectivity index (χ0) is 32.6. The van der Waals surface area contributed by atoms with Gasteiger partial charge in [0.1, 0.15) is 71.5 Å². The Kier molecular flexibility index (Phi) is 9.68. The monoisotopic (exact) mass is 638 g/mol. The summed E-state index contributed by atoms with van der Waals surface area (Å²) in [6.07, 6.45) is -12.5. The predicted octanol–water partition coefficient (Wildman–Crippen LogP) is -1.17. The number of phenols is 1. The fourth-order valence-electron chi connectivity index (χ4n) is 5.17. The zero-order valence-electron chi connectivity index (χ0n) is 24.3. The third-order valence-corrected chi connectivity index (χ3v) is 7.66. The summed E-state index contributed by atoms with van der Waals surface area (Å²) < 4.78 is 44.0. The van der Waals surface area contributed by atoms with Crippen LogP contribution in [0.1, 0.15) is 0 Å². The minimum Gasteiger partial charge on any atom is -0.507 e. The molecular formula is C29H34O16. The number of aliphatic hydroxyl groups is 6. The van der Waals surface area contributed by atoms with Crippen molar-refractivity contribution in [3.05, 3.63) is 40.8 Å². The van der Waals surface area contributed by atoms with Gasteiger partial charge in [-0.1, -0.05) is 0 Å². The zero-order valence-corrected chi connectivity index (χ0v) is 24.3. The number of aromatic hydroxyl groups is 1. The van der Waals surface area contributed by atoms with Gasteiger partial charge in [0.15, 0.2) is 17.8 Å². The lowest BCUT2D eigenvalue weighted by Crippen LogP contribution is -2.60. The molecule has 246 valence electrons. The number of methoxy groups -OCH3 is 3. The van der Waals surface area contributed by atoms with E-state index in [4.69, 9.17) is 37.6 Å². The van der Waals surface area contributed by atoms with E-state index in [0.29, 0.717) is 0 Å². The largest absolute Gasteiger partial charge is 0.507 e. The molecule has 0 amide bonds. The second-order valence-corrected chi connectivity index (χ2v) is 10.4. The number of hydrogen-bond donors (Lipinski definition) is 7. The van der Waals surface area contributed by atoms with E-state index in [1.54, 1.807) is 0 Å². The van der Waals surface area contributed by atoms with Crippen LogP contribution < -0.4 is 24.4 Å². The minimum absolute atomic E-state index is 0.000827. The van der Waals surface area contributed by atoms with Crippen molar-refractivity contribution in [2.45, 2.75) is 55.3 Å². The van der Waals surface area contributed by atoms with Crippen molar-refractivity contribution in [1.29, 1.82) is 0 Å². The van der Waals surface area contributed by atoms with Gasteiger partial charge in [-0.3, -0.25) is 4.79 Å². The molecule has 3 aromatic rings. The first kappa shape index (κ1) is 32.7. The van der Waals surface area contributed by atoms with Gasteiger partial charge in [-0.15, -0.1) is 0 Å². The highest BCUT2D eigenvalue weighted by Gasteiger charge is 2.48. The molecule has 0 unspecified atom stereocenters. The SMILES string of the molecule is COc1cc(O)c2c(=O)c(-c3cc(OC)c(OC)c(O[C@@H]4O[C@H](CO[C@@H]5O[C@@H](CO)[C@H](O)[C@H]5O)[C@@H](O)[C@H](O)[C@H]4O)c3)coc2c1. The molecule has 2 aliphatic rings. The first-order valence-electron chi connectivity index (χ1n) is 13.7. The van der Waals surface area contributed by atoms with Gasteiger partial charge < -0.3 is 73.3 Å². The average molecular weight is 639 g/mol. The maximum absolute atomic E-state index is 13.5. The van der Waals surface area contributed by atoms with Crippen molar-refractivity contribution >= 4 is 11.0 Å². The Morgan fingerprint density at radius 3 is 2.09 bits per heavy atom. The predicted molar refractivity (Wildman–Crippen MR) is 150 cm³/mol. The van der Waals surface area contributed by atoms with Crippen LogP contribution in [0.4, 0.5) is 0 Å². The number of rotatable bonds is 10. The van der Waals surface area contributed by atoms with Gasteiger partial charge in [0.25, 0.3) is 0 Å². The molecule has 2 fully saturated rings. The molecule has 0 aliphatic carbocycles. The van der Waals surface area contributed by atoms with Gasteiger partial charge in [-0.25, -0.2) is 0 Å². The molecule has 16 nitrogen and oxygen atoms in total. The Hall–Kier alpha value is -3.71. The topological polar surface area (TPSA) is 236 Å². The van der Waals surface area contributed by atoms with Crippen molar-refractivity contribution in [2.75, 3.05) is 34.5 Å². The Labute approximate surface area is 255 Å². The van der Waals surface area contributed by atoms with Crippen LogP contribution >= 0.6 is 0 Å². The average Bonchev–Trinajstić information content (AvgIpc) is 3.31. The molecular weight excluding hydrogens is 604 g/mol. The number of phenolic OH excluding ortho intramolecular Hbond substituents is 1. The van der Waals surface area contributed by atoms with E-state index in [9.17, 15) is 40.5 Å². The van der Waals surface area contributed by atoms with E-state index in [-0.39, 0.29) is 50.8 Å². The molecule has 7 N–H and O–H groups in total. The maximum atomic E-state index is 13.5. The minimum atomic E-state index is -1.79. The van der Waals surface area contributed by atoms with Crippen LogP contribution in [0.5, 0.6) is 28.7 Å². The van der Waals surface area contributed by atoms with Crippen molar-refractivity contribution in [3.8, 4) is 39.9 Å². The van der Waals surface area contributed by atoms with E-state index in [2.05, 4.69) is 0 Å². The van der Waals surface area contributed by atoms with Gasteiger partial charge in [0, 0.05) is 12.1 Å². The van der Waals surface area contributed by atoms with Gasteiger partial charge in [-0.2, -0.15) is 0 Å². The van der Waals surface area contributed by atoms with Crippen LogP contribution in [0.15, 0.2) is 39.7 Å². The first-order chi connectivity index (χ1) is 21.5. The molecule has 1 aromatic heterocycles. The van der Waals surface area contributed by atoms with Gasteiger partial charge in [-0.05, 0) is 17.7 Å². The summed E-state index contributed by atoms with van der Waals surface area (Å²) in [7, 11) is 4.05. The molecule has 0 saturated carbocycles. The Morgan fingerprint density at radius 1 is 0.778 bits per heavy atom. The van der Waals surface area contributed by atoms with Crippen molar-refractivity contribution in [3.63, 3.8) is 0 Å². The summed E-state index contributed by atoms with van der Waals surface area (Å²) in [5.74, 6) is -0.0821. The third kappa shape index (κ3) is 6.11. The van der Waals surface area contributed by atoms with E-state index in [1.165, 1.54) is 51.9 Å². The van der Waals surface area contributed by atoms with Crippen LogP contribution in [-0.4, -0.2) is 126 Å². The third-order valence-electron chi connectivity index (χ3n) is 7.66. The molecule has 5 rings (SSSR count). The summed E-state index contributed by atoms with van der Waals surface area (Å²) in [5, 5.41) is 71.6. The number of hydrogen-bond acceptors (Lipinski definition) is 16. The van der Waals surface area contributed by atoms with Crippen LogP contribution in [0.2, 0.25) is 0 Å². The molecule has 0 radical (unpaired) electrons. The molecule has 2 aliphatic heterocycles. The Balaban J connectivity index is 1.44. The number of benzene rings is 2. The second-order valence-electron chi connectivity index (χ2n) is 10.4. The van der Waals surface area contributed by atoms with Gasteiger partial charge >= 0.3 is 0 Å². The number of fused-ring (bicyclic) bond motifs is 1. The van der Waals surface area contributed by atoms with E-state index < -0.39 is 74.0 Å². The quantitative estimate of drug-likeness (QED) is 0.139. The van der Waals surface area contributed by atoms with Crippen LogP contribution in [0, 0.1) is 0 Å². The van der Waals surface area contributed by atoms with Crippen molar-refractivity contribution in [1.82, 2.24) is 0 Å². The summed E-state index contributed by atoms with van der Waals surface area (Å²) in [6, 6.07) is 5.52. The highest BCUT2D eigenvalue weighted by molar-refractivity contribution is 5.88. The standard InChI is InChI=1S/C29H34O16/c1-38-12-6-14(31)20-15(7-12)41-9-13(21(20)32)11-4-16(39-2)27(40-3)17(5-11)43-29-26(37)24(35)23(34)19(45-29)10-42-28-25(36)22(33)18(8-30)44-28/h4-7,9,18-19,22-26,28-31,33-37H,8,10H2,1-3H3/t18-,19+,22-,23+,24-,25+,26+,28+,29+/m0/s1. The molecule has 2 aromatic carbocycles. The van der Waals surface area contributed by atoms with Crippen LogP contribution in [0.3, 0.4) is 0 Å². The summed E-state index contributed by atoms with van der Waals surface area (Å²) in [5.41, 5.74) is -0.319. The fraction of sp³-hybridized carbons (Fsp3) is 0.483. The molecule has 9 atom stereocenters. The lowest BCUT2D eigenvalue weighted by Gasteiger charge is -2.40.